The summed E-state index contributed by atoms with van der Waals surface area (Å²) >= 11 is 1.48. The molecule has 2 aromatic heterocycles. The zero-order valence-electron chi connectivity index (χ0n) is 11.4. The Balaban J connectivity index is 1.81. The minimum absolute atomic E-state index is 0.0741. The van der Waals surface area contributed by atoms with E-state index in [0.29, 0.717) is 10.8 Å². The van der Waals surface area contributed by atoms with Gasteiger partial charge in [-0.25, -0.2) is 5.10 Å². The maximum Gasteiger partial charge on any atom is 0.272 e. The van der Waals surface area contributed by atoms with Gasteiger partial charge in [-0.05, 0) is 28.5 Å². The molecule has 2 heterocycles. The van der Waals surface area contributed by atoms with Crippen molar-refractivity contribution in [1.82, 2.24) is 15.5 Å². The number of fused-ring (bicyclic) bond motifs is 1. The van der Waals surface area contributed by atoms with Crippen molar-refractivity contribution in [2.75, 3.05) is 6.54 Å². The SMILES string of the molecule is O=C(NCC(O)c1ccsc1)c1n[nH]c(=O)c2ccccc12. The molecule has 0 saturated carbocycles. The molecule has 0 bridgehead atoms. The van der Waals surface area contributed by atoms with Gasteiger partial charge in [-0.1, -0.05) is 18.2 Å². The topological polar surface area (TPSA) is 95.1 Å². The first-order valence-corrected chi connectivity index (χ1v) is 7.57. The van der Waals surface area contributed by atoms with Crippen LogP contribution in [0.25, 0.3) is 10.8 Å². The summed E-state index contributed by atoms with van der Waals surface area (Å²) in [4.78, 5) is 23.9. The van der Waals surface area contributed by atoms with Crippen LogP contribution in [-0.4, -0.2) is 27.8 Å². The number of rotatable bonds is 4. The van der Waals surface area contributed by atoms with Crippen molar-refractivity contribution in [3.63, 3.8) is 0 Å². The molecular formula is C15H13N3O3S. The van der Waals surface area contributed by atoms with E-state index in [1.807, 2.05) is 10.8 Å². The van der Waals surface area contributed by atoms with E-state index in [1.54, 1.807) is 30.3 Å². The van der Waals surface area contributed by atoms with Gasteiger partial charge in [0.15, 0.2) is 5.69 Å². The second-order valence-electron chi connectivity index (χ2n) is 4.73. The zero-order chi connectivity index (χ0) is 15.5. The first kappa shape index (κ1) is 14.4. The normalized spacial score (nSPS) is 12.2. The molecule has 1 aromatic carbocycles. The Bertz CT molecular complexity index is 858. The van der Waals surface area contributed by atoms with E-state index in [1.165, 1.54) is 11.3 Å². The maximum absolute atomic E-state index is 12.2. The Kier molecular flexibility index (Phi) is 3.99. The highest BCUT2D eigenvalue weighted by Crippen LogP contribution is 2.16. The third kappa shape index (κ3) is 2.76. The van der Waals surface area contributed by atoms with Crippen LogP contribution in [0.3, 0.4) is 0 Å². The lowest BCUT2D eigenvalue weighted by Crippen LogP contribution is -2.30. The average molecular weight is 315 g/mol. The number of carbonyl (C=O) groups is 1. The van der Waals surface area contributed by atoms with E-state index in [-0.39, 0.29) is 17.8 Å². The van der Waals surface area contributed by atoms with Crippen LogP contribution in [-0.2, 0) is 0 Å². The summed E-state index contributed by atoms with van der Waals surface area (Å²) in [6.07, 6.45) is -0.774. The van der Waals surface area contributed by atoms with Crippen molar-refractivity contribution in [3.05, 3.63) is 62.7 Å². The maximum atomic E-state index is 12.2. The second-order valence-corrected chi connectivity index (χ2v) is 5.51. The molecule has 0 fully saturated rings. The van der Waals surface area contributed by atoms with E-state index in [4.69, 9.17) is 0 Å². The molecule has 7 heteroatoms. The van der Waals surface area contributed by atoms with Crippen LogP contribution >= 0.6 is 11.3 Å². The van der Waals surface area contributed by atoms with E-state index >= 15 is 0 Å². The third-order valence-electron chi connectivity index (χ3n) is 3.30. The molecule has 3 aromatic rings. The van der Waals surface area contributed by atoms with Gasteiger partial charge >= 0.3 is 0 Å². The van der Waals surface area contributed by atoms with Gasteiger partial charge in [-0.2, -0.15) is 16.4 Å². The van der Waals surface area contributed by atoms with Crippen molar-refractivity contribution in [3.8, 4) is 0 Å². The van der Waals surface area contributed by atoms with E-state index in [0.717, 1.165) is 5.56 Å². The highest BCUT2D eigenvalue weighted by Gasteiger charge is 2.15. The highest BCUT2D eigenvalue weighted by molar-refractivity contribution is 7.07. The van der Waals surface area contributed by atoms with E-state index in [9.17, 15) is 14.7 Å². The number of nitrogens with zero attached hydrogens (tertiary/aromatic N) is 1. The third-order valence-corrected chi connectivity index (χ3v) is 4.00. The monoisotopic (exact) mass is 315 g/mol. The molecule has 0 aliphatic carbocycles. The molecule has 112 valence electrons. The van der Waals surface area contributed by atoms with Crippen LogP contribution in [0.5, 0.6) is 0 Å². The van der Waals surface area contributed by atoms with Gasteiger partial charge in [-0.15, -0.1) is 0 Å². The van der Waals surface area contributed by atoms with E-state index < -0.39 is 12.0 Å². The molecule has 3 rings (SSSR count). The molecule has 22 heavy (non-hydrogen) atoms. The molecule has 3 N–H and O–H groups in total. The fraction of sp³-hybridized carbons (Fsp3) is 0.133. The van der Waals surface area contributed by atoms with Crippen molar-refractivity contribution in [2.24, 2.45) is 0 Å². The van der Waals surface area contributed by atoms with Crippen molar-refractivity contribution in [2.45, 2.75) is 6.10 Å². The Hall–Kier alpha value is -2.51. The highest BCUT2D eigenvalue weighted by atomic mass is 32.1. The number of H-pyrrole nitrogens is 1. The summed E-state index contributed by atoms with van der Waals surface area (Å²) in [7, 11) is 0. The second kappa shape index (κ2) is 6.08. The van der Waals surface area contributed by atoms with E-state index in [2.05, 4.69) is 15.5 Å². The van der Waals surface area contributed by atoms with Crippen molar-refractivity contribution in [1.29, 1.82) is 0 Å². The van der Waals surface area contributed by atoms with Gasteiger partial charge in [0.1, 0.15) is 0 Å². The molecule has 0 radical (unpaired) electrons. The summed E-state index contributed by atoms with van der Waals surface area (Å²) in [5, 5.41) is 23.3. The molecule has 0 spiro atoms. The Morgan fingerprint density at radius 3 is 2.82 bits per heavy atom. The molecule has 1 amide bonds. The number of hydrogen-bond donors (Lipinski definition) is 3. The number of benzene rings is 1. The first-order chi connectivity index (χ1) is 10.7. The number of aromatic amines is 1. The fourth-order valence-electron chi connectivity index (χ4n) is 2.14. The number of aliphatic hydroxyl groups is 1. The van der Waals surface area contributed by atoms with Gasteiger partial charge < -0.3 is 10.4 Å². The van der Waals surface area contributed by atoms with Gasteiger partial charge in [0.05, 0.1) is 11.5 Å². The molecule has 0 saturated heterocycles. The summed E-state index contributed by atoms with van der Waals surface area (Å²) in [6, 6.07) is 8.56. The van der Waals surface area contributed by atoms with Gasteiger partial charge in [-0.3, -0.25) is 9.59 Å². The molecule has 1 unspecified atom stereocenters. The number of carbonyl (C=O) groups excluding carboxylic acids is 1. The summed E-state index contributed by atoms with van der Waals surface area (Å²) in [5.41, 5.74) is 0.544. The van der Waals surface area contributed by atoms with Crippen LogP contribution < -0.4 is 10.9 Å². The fourth-order valence-corrected chi connectivity index (χ4v) is 2.85. The van der Waals surface area contributed by atoms with Gasteiger partial charge in [0, 0.05) is 11.9 Å². The van der Waals surface area contributed by atoms with Crippen molar-refractivity contribution >= 4 is 28.0 Å². The predicted molar refractivity (Wildman–Crippen MR) is 84.0 cm³/mol. The Morgan fingerprint density at radius 1 is 1.32 bits per heavy atom. The van der Waals surface area contributed by atoms with Crippen LogP contribution in [0.1, 0.15) is 22.2 Å². The molecule has 0 aliphatic heterocycles. The number of nitrogens with one attached hydrogen (secondary N) is 2. The molecule has 6 nitrogen and oxygen atoms in total. The van der Waals surface area contributed by atoms with Gasteiger partial charge in [0.2, 0.25) is 0 Å². The average Bonchev–Trinajstić information content (AvgIpc) is 3.07. The molecule has 0 aliphatic rings. The Morgan fingerprint density at radius 2 is 2.09 bits per heavy atom. The summed E-state index contributed by atoms with van der Waals surface area (Å²) in [6.45, 7) is 0.0741. The Labute approximate surface area is 129 Å². The van der Waals surface area contributed by atoms with Crippen LogP contribution in [0, 0.1) is 0 Å². The molecule has 1 atom stereocenters. The largest absolute Gasteiger partial charge is 0.387 e. The lowest BCUT2D eigenvalue weighted by atomic mass is 10.1. The lowest BCUT2D eigenvalue weighted by molar-refractivity contribution is 0.0912. The standard InChI is InChI=1S/C15H13N3O3S/c19-12(9-5-6-22-8-9)7-16-15(21)13-10-3-1-2-4-11(10)14(20)18-17-13/h1-6,8,12,19H,7H2,(H,16,21)(H,18,20). The predicted octanol–water partition coefficient (Wildman–Crippen LogP) is 1.45. The lowest BCUT2D eigenvalue weighted by Gasteiger charge is -2.11. The van der Waals surface area contributed by atoms with Crippen LogP contribution in [0.4, 0.5) is 0 Å². The number of aromatic nitrogens is 2. The minimum Gasteiger partial charge on any atom is -0.387 e. The number of amides is 1. The number of aliphatic hydroxyl groups excluding tert-OH is 1. The van der Waals surface area contributed by atoms with Crippen LogP contribution in [0.2, 0.25) is 0 Å². The van der Waals surface area contributed by atoms with Gasteiger partial charge in [0.25, 0.3) is 11.5 Å². The summed E-state index contributed by atoms with van der Waals surface area (Å²) < 4.78 is 0. The molecular weight excluding hydrogens is 302 g/mol. The minimum atomic E-state index is -0.774. The first-order valence-electron chi connectivity index (χ1n) is 6.62. The number of thiophene rings is 1. The van der Waals surface area contributed by atoms with Crippen molar-refractivity contribution < 1.29 is 9.90 Å². The quantitative estimate of drug-likeness (QED) is 0.679. The van der Waals surface area contributed by atoms with Crippen LogP contribution in [0.15, 0.2) is 45.9 Å². The zero-order valence-corrected chi connectivity index (χ0v) is 12.3. The smallest absolute Gasteiger partial charge is 0.272 e. The summed E-state index contributed by atoms with van der Waals surface area (Å²) in [5.74, 6) is -0.443. The number of hydrogen-bond acceptors (Lipinski definition) is 5.